The molecule has 104 valence electrons. The predicted octanol–water partition coefficient (Wildman–Crippen LogP) is 2.04. The molecule has 1 aromatic heterocycles. The van der Waals surface area contributed by atoms with Crippen LogP contribution in [0.4, 0.5) is 6.01 Å². The van der Waals surface area contributed by atoms with Gasteiger partial charge in [0.2, 0.25) is 0 Å². The highest BCUT2D eigenvalue weighted by Crippen LogP contribution is 2.12. The van der Waals surface area contributed by atoms with Crippen molar-refractivity contribution < 1.29 is 9.15 Å². The summed E-state index contributed by atoms with van der Waals surface area (Å²) >= 11 is 0. The maximum atomic E-state index is 5.44. The number of aromatic nitrogens is 1. The first kappa shape index (κ1) is 15.0. The number of ether oxygens (including phenoxy) is 1. The van der Waals surface area contributed by atoms with E-state index in [1.807, 2.05) is 18.9 Å². The summed E-state index contributed by atoms with van der Waals surface area (Å²) < 4.78 is 10.7. The lowest BCUT2D eigenvalue weighted by Crippen LogP contribution is -2.35. The van der Waals surface area contributed by atoms with Crippen molar-refractivity contribution in [3.05, 3.63) is 12.0 Å². The van der Waals surface area contributed by atoms with Crippen molar-refractivity contribution in [1.29, 1.82) is 0 Å². The van der Waals surface area contributed by atoms with Crippen LogP contribution in [0, 0.1) is 0 Å². The average Bonchev–Trinajstić information content (AvgIpc) is 2.74. The van der Waals surface area contributed by atoms with E-state index in [0.29, 0.717) is 19.2 Å². The standard InChI is InChI=1S/C13H25N3O2/c1-6-17-8-7-16(5)12-15-11(10-18-12)9-14-13(2,3)4/h10,14H,6-9H2,1-5H3. The van der Waals surface area contributed by atoms with Crippen LogP contribution in [0.3, 0.4) is 0 Å². The largest absolute Gasteiger partial charge is 0.432 e. The van der Waals surface area contributed by atoms with Gasteiger partial charge in [-0.2, -0.15) is 4.98 Å². The number of likely N-dealkylation sites (N-methyl/N-ethyl adjacent to an activating group) is 1. The van der Waals surface area contributed by atoms with Gasteiger partial charge in [-0.15, -0.1) is 0 Å². The van der Waals surface area contributed by atoms with Crippen LogP contribution in [0.25, 0.3) is 0 Å². The van der Waals surface area contributed by atoms with E-state index in [9.17, 15) is 0 Å². The molecule has 0 atom stereocenters. The summed E-state index contributed by atoms with van der Waals surface area (Å²) in [5.74, 6) is 0. The minimum atomic E-state index is 0.0833. The second-order valence-corrected chi connectivity index (χ2v) is 5.34. The zero-order valence-electron chi connectivity index (χ0n) is 12.1. The number of rotatable bonds is 7. The van der Waals surface area contributed by atoms with E-state index in [2.05, 4.69) is 31.1 Å². The lowest BCUT2D eigenvalue weighted by molar-refractivity contribution is 0.154. The van der Waals surface area contributed by atoms with Crippen molar-refractivity contribution in [2.75, 3.05) is 31.7 Å². The minimum Gasteiger partial charge on any atom is -0.432 e. The summed E-state index contributed by atoms with van der Waals surface area (Å²) in [5.41, 5.74) is 1.00. The molecular formula is C13H25N3O2. The zero-order valence-corrected chi connectivity index (χ0v) is 12.1. The van der Waals surface area contributed by atoms with Gasteiger partial charge in [0.25, 0.3) is 6.01 Å². The second kappa shape index (κ2) is 6.75. The van der Waals surface area contributed by atoms with E-state index in [-0.39, 0.29) is 5.54 Å². The second-order valence-electron chi connectivity index (χ2n) is 5.34. The third-order valence-corrected chi connectivity index (χ3v) is 2.44. The van der Waals surface area contributed by atoms with E-state index in [0.717, 1.165) is 18.8 Å². The first-order chi connectivity index (χ1) is 8.42. The summed E-state index contributed by atoms with van der Waals surface area (Å²) in [5, 5.41) is 3.38. The lowest BCUT2D eigenvalue weighted by Gasteiger charge is -2.19. The third-order valence-electron chi connectivity index (χ3n) is 2.44. The minimum absolute atomic E-state index is 0.0833. The normalized spacial score (nSPS) is 11.8. The van der Waals surface area contributed by atoms with Crippen molar-refractivity contribution in [3.63, 3.8) is 0 Å². The van der Waals surface area contributed by atoms with Crippen LogP contribution in [0.2, 0.25) is 0 Å². The van der Waals surface area contributed by atoms with Crippen LogP contribution in [0.1, 0.15) is 33.4 Å². The smallest absolute Gasteiger partial charge is 0.297 e. The Bertz CT molecular complexity index is 344. The summed E-state index contributed by atoms with van der Waals surface area (Å²) in [6, 6.07) is 0.639. The summed E-state index contributed by atoms with van der Waals surface area (Å²) in [7, 11) is 1.95. The van der Waals surface area contributed by atoms with Gasteiger partial charge in [-0.05, 0) is 27.7 Å². The van der Waals surface area contributed by atoms with Gasteiger partial charge >= 0.3 is 0 Å². The molecule has 0 radical (unpaired) electrons. The Kier molecular flexibility index (Phi) is 5.62. The van der Waals surface area contributed by atoms with E-state index in [4.69, 9.17) is 9.15 Å². The van der Waals surface area contributed by atoms with Gasteiger partial charge in [-0.1, -0.05) is 0 Å². The predicted molar refractivity (Wildman–Crippen MR) is 72.9 cm³/mol. The molecule has 0 amide bonds. The molecule has 5 nitrogen and oxygen atoms in total. The van der Waals surface area contributed by atoms with Crippen molar-refractivity contribution >= 4 is 6.01 Å². The van der Waals surface area contributed by atoms with Gasteiger partial charge in [-0.3, -0.25) is 0 Å². The molecular weight excluding hydrogens is 230 g/mol. The molecule has 0 unspecified atom stereocenters. The Hall–Kier alpha value is -1.07. The van der Waals surface area contributed by atoms with Crippen LogP contribution >= 0.6 is 0 Å². The molecule has 1 rings (SSSR count). The SMILES string of the molecule is CCOCCN(C)c1nc(CNC(C)(C)C)co1. The number of hydrogen-bond acceptors (Lipinski definition) is 5. The van der Waals surface area contributed by atoms with Crippen LogP contribution in [-0.2, 0) is 11.3 Å². The lowest BCUT2D eigenvalue weighted by atomic mass is 10.1. The van der Waals surface area contributed by atoms with E-state index in [1.54, 1.807) is 6.26 Å². The number of hydrogen-bond donors (Lipinski definition) is 1. The fraction of sp³-hybridized carbons (Fsp3) is 0.769. The molecule has 0 saturated carbocycles. The molecule has 0 spiro atoms. The number of nitrogens with zero attached hydrogens (tertiary/aromatic N) is 2. The maximum absolute atomic E-state index is 5.44. The Morgan fingerprint density at radius 3 is 2.78 bits per heavy atom. The van der Waals surface area contributed by atoms with Crippen LogP contribution in [-0.4, -0.2) is 37.3 Å². The van der Waals surface area contributed by atoms with E-state index >= 15 is 0 Å². The topological polar surface area (TPSA) is 50.5 Å². The molecule has 18 heavy (non-hydrogen) atoms. The molecule has 5 heteroatoms. The van der Waals surface area contributed by atoms with Gasteiger partial charge < -0.3 is 19.4 Å². The van der Waals surface area contributed by atoms with Gasteiger partial charge in [0, 0.05) is 32.3 Å². The Morgan fingerprint density at radius 2 is 2.17 bits per heavy atom. The van der Waals surface area contributed by atoms with Crippen LogP contribution in [0.5, 0.6) is 0 Å². The zero-order chi connectivity index (χ0) is 13.6. The first-order valence-corrected chi connectivity index (χ1v) is 6.40. The van der Waals surface area contributed by atoms with Gasteiger partial charge in [0.15, 0.2) is 0 Å². The fourth-order valence-corrected chi connectivity index (χ4v) is 1.35. The monoisotopic (exact) mass is 255 g/mol. The highest BCUT2D eigenvalue weighted by atomic mass is 16.5. The summed E-state index contributed by atoms with van der Waals surface area (Å²) in [6.07, 6.45) is 1.70. The fourth-order valence-electron chi connectivity index (χ4n) is 1.35. The molecule has 0 bridgehead atoms. The molecule has 1 N–H and O–H groups in total. The highest BCUT2D eigenvalue weighted by molar-refractivity contribution is 5.25. The van der Waals surface area contributed by atoms with Gasteiger partial charge in [0.05, 0.1) is 12.3 Å². The molecule has 0 saturated heterocycles. The highest BCUT2D eigenvalue weighted by Gasteiger charge is 2.12. The first-order valence-electron chi connectivity index (χ1n) is 6.40. The van der Waals surface area contributed by atoms with Crippen molar-refractivity contribution in [2.45, 2.75) is 39.8 Å². The third kappa shape index (κ3) is 5.51. The van der Waals surface area contributed by atoms with Crippen molar-refractivity contribution in [2.24, 2.45) is 0 Å². The van der Waals surface area contributed by atoms with Crippen LogP contribution in [0.15, 0.2) is 10.7 Å². The molecule has 0 fully saturated rings. The Labute approximate surface area is 110 Å². The molecule has 1 heterocycles. The van der Waals surface area contributed by atoms with E-state index in [1.165, 1.54) is 0 Å². The number of oxazole rings is 1. The summed E-state index contributed by atoms with van der Waals surface area (Å²) in [4.78, 5) is 6.39. The molecule has 0 aromatic carbocycles. The van der Waals surface area contributed by atoms with Crippen molar-refractivity contribution in [3.8, 4) is 0 Å². The molecule has 0 aliphatic carbocycles. The van der Waals surface area contributed by atoms with Gasteiger partial charge in [0.1, 0.15) is 6.26 Å². The Balaban J connectivity index is 2.42. The van der Waals surface area contributed by atoms with E-state index < -0.39 is 0 Å². The molecule has 1 aromatic rings. The van der Waals surface area contributed by atoms with Crippen LogP contribution < -0.4 is 10.2 Å². The maximum Gasteiger partial charge on any atom is 0.297 e. The Morgan fingerprint density at radius 1 is 1.44 bits per heavy atom. The van der Waals surface area contributed by atoms with Gasteiger partial charge in [-0.25, -0.2) is 0 Å². The molecule has 0 aliphatic rings. The number of anilines is 1. The molecule has 0 aliphatic heterocycles. The van der Waals surface area contributed by atoms with Crippen molar-refractivity contribution in [1.82, 2.24) is 10.3 Å². The number of nitrogens with one attached hydrogen (secondary N) is 1. The quantitative estimate of drug-likeness (QED) is 0.756. The summed E-state index contributed by atoms with van der Waals surface area (Å²) in [6.45, 7) is 11.3. The average molecular weight is 255 g/mol.